The highest BCUT2D eigenvalue weighted by atomic mass is 16.5. The third-order valence-electron chi connectivity index (χ3n) is 4.69. The van der Waals surface area contributed by atoms with E-state index in [1.807, 2.05) is 18.2 Å². The monoisotopic (exact) mass is 335 g/mol. The number of fused-ring (bicyclic) bond motifs is 2. The van der Waals surface area contributed by atoms with E-state index in [0.29, 0.717) is 11.1 Å². The van der Waals surface area contributed by atoms with Crippen LogP contribution in [0.2, 0.25) is 0 Å². The minimum absolute atomic E-state index is 0.191. The Morgan fingerprint density at radius 3 is 2.84 bits per heavy atom. The number of hydrogen-bond donors (Lipinski definition) is 1. The largest absolute Gasteiger partial charge is 0.456 e. The molecule has 0 aliphatic carbocycles. The van der Waals surface area contributed by atoms with Crippen molar-refractivity contribution in [2.45, 2.75) is 26.8 Å². The van der Waals surface area contributed by atoms with Crippen LogP contribution in [0.1, 0.15) is 25.8 Å². The molecule has 0 atom stereocenters. The van der Waals surface area contributed by atoms with E-state index < -0.39 is 0 Å². The number of rotatable bonds is 5. The summed E-state index contributed by atoms with van der Waals surface area (Å²) in [6, 6.07) is 11.8. The molecule has 5 nitrogen and oxygen atoms in total. The first kappa shape index (κ1) is 15.8. The van der Waals surface area contributed by atoms with Gasteiger partial charge in [0, 0.05) is 12.1 Å². The van der Waals surface area contributed by atoms with Gasteiger partial charge >= 0.3 is 0 Å². The van der Waals surface area contributed by atoms with Crippen LogP contribution in [0.4, 0.5) is 0 Å². The molecule has 0 fully saturated rings. The average molecular weight is 335 g/mol. The molecule has 5 heteroatoms. The van der Waals surface area contributed by atoms with Crippen molar-refractivity contribution in [2.24, 2.45) is 0 Å². The molecule has 0 amide bonds. The minimum atomic E-state index is -0.191. The second-order valence-electron chi connectivity index (χ2n) is 6.38. The van der Waals surface area contributed by atoms with E-state index in [-0.39, 0.29) is 5.56 Å². The molecular formula is C20H21N3O2. The molecule has 2 aromatic carbocycles. The number of hydrogen-bond acceptors (Lipinski definition) is 4. The number of nitrogens with zero attached hydrogens (tertiary/aromatic N) is 2. The molecule has 0 saturated heterocycles. The van der Waals surface area contributed by atoms with E-state index in [2.05, 4.69) is 41.1 Å². The summed E-state index contributed by atoms with van der Waals surface area (Å²) in [6.45, 7) is 7.37. The van der Waals surface area contributed by atoms with Crippen molar-refractivity contribution in [3.63, 3.8) is 0 Å². The number of aromatic nitrogens is 2. The van der Waals surface area contributed by atoms with Gasteiger partial charge in [0.25, 0.3) is 5.56 Å². The fourth-order valence-electron chi connectivity index (χ4n) is 3.46. The molecule has 1 aromatic heterocycles. The lowest BCUT2D eigenvalue weighted by molar-refractivity contribution is 0.280. The molecule has 1 N–H and O–H groups in total. The minimum Gasteiger partial charge on any atom is -0.456 e. The van der Waals surface area contributed by atoms with Crippen molar-refractivity contribution in [2.75, 3.05) is 13.1 Å². The highest BCUT2D eigenvalue weighted by molar-refractivity contribution is 6.01. The molecule has 128 valence electrons. The summed E-state index contributed by atoms with van der Waals surface area (Å²) in [5.74, 6) is 1.47. The van der Waals surface area contributed by atoms with Gasteiger partial charge in [0.15, 0.2) is 0 Å². The molecule has 2 heterocycles. The summed E-state index contributed by atoms with van der Waals surface area (Å²) in [6.07, 6.45) is 1.14. The Balaban J connectivity index is 1.83. The van der Waals surface area contributed by atoms with Crippen LogP contribution in [0.5, 0.6) is 11.5 Å². The maximum absolute atomic E-state index is 12.1. The van der Waals surface area contributed by atoms with Gasteiger partial charge in [0.05, 0.1) is 10.8 Å². The first-order valence-corrected chi connectivity index (χ1v) is 8.76. The topological polar surface area (TPSA) is 58.2 Å². The molecule has 25 heavy (non-hydrogen) atoms. The number of ether oxygens (including phenoxy) is 1. The quantitative estimate of drug-likeness (QED) is 0.600. The van der Waals surface area contributed by atoms with Crippen LogP contribution in [0.3, 0.4) is 0 Å². The van der Waals surface area contributed by atoms with Crippen LogP contribution < -0.4 is 10.3 Å². The molecule has 3 aromatic rings. The molecule has 4 rings (SSSR count). The molecule has 0 radical (unpaired) electrons. The molecule has 0 saturated carbocycles. The molecule has 1 aliphatic rings. The normalized spacial score (nSPS) is 12.3. The first-order valence-electron chi connectivity index (χ1n) is 8.76. The predicted molar refractivity (Wildman–Crippen MR) is 99.1 cm³/mol. The Kier molecular flexibility index (Phi) is 4.01. The Bertz CT molecular complexity index is 994. The lowest BCUT2D eigenvalue weighted by Gasteiger charge is -2.23. The Labute approximate surface area is 146 Å². The van der Waals surface area contributed by atoms with Gasteiger partial charge in [-0.05, 0) is 49.3 Å². The van der Waals surface area contributed by atoms with Gasteiger partial charge in [-0.2, -0.15) is 5.10 Å². The van der Waals surface area contributed by atoms with Crippen molar-refractivity contribution in [3.05, 3.63) is 52.3 Å². The predicted octanol–water partition coefficient (Wildman–Crippen LogP) is 3.93. The van der Waals surface area contributed by atoms with E-state index >= 15 is 0 Å². The SMILES string of the molecule is CCCN(CC)Cc1ccc2c(c1)-c1n[nH]c(=O)c3cccc(c13)O2. The smallest absolute Gasteiger partial charge is 0.272 e. The Morgan fingerprint density at radius 1 is 1.16 bits per heavy atom. The van der Waals surface area contributed by atoms with E-state index in [1.165, 1.54) is 5.56 Å². The van der Waals surface area contributed by atoms with Crippen LogP contribution in [0.15, 0.2) is 41.2 Å². The van der Waals surface area contributed by atoms with Crippen LogP contribution in [0, 0.1) is 0 Å². The van der Waals surface area contributed by atoms with E-state index in [9.17, 15) is 4.79 Å². The fourth-order valence-corrected chi connectivity index (χ4v) is 3.46. The lowest BCUT2D eigenvalue weighted by atomic mass is 9.99. The van der Waals surface area contributed by atoms with Crippen LogP contribution in [-0.4, -0.2) is 28.2 Å². The van der Waals surface area contributed by atoms with Gasteiger partial charge in [0.2, 0.25) is 0 Å². The van der Waals surface area contributed by atoms with Crippen LogP contribution in [-0.2, 0) is 6.54 Å². The van der Waals surface area contributed by atoms with E-state index in [4.69, 9.17) is 4.74 Å². The third kappa shape index (κ3) is 2.70. The van der Waals surface area contributed by atoms with Crippen molar-refractivity contribution in [1.82, 2.24) is 15.1 Å². The van der Waals surface area contributed by atoms with Crippen LogP contribution in [0.25, 0.3) is 22.0 Å². The van der Waals surface area contributed by atoms with Crippen molar-refractivity contribution in [1.29, 1.82) is 0 Å². The number of H-pyrrole nitrogens is 1. The second-order valence-corrected chi connectivity index (χ2v) is 6.38. The first-order chi connectivity index (χ1) is 12.2. The van der Waals surface area contributed by atoms with Gasteiger partial charge < -0.3 is 4.74 Å². The number of nitrogens with one attached hydrogen (secondary N) is 1. The summed E-state index contributed by atoms with van der Waals surface area (Å²) < 4.78 is 6.03. The summed E-state index contributed by atoms with van der Waals surface area (Å²) >= 11 is 0. The summed E-state index contributed by atoms with van der Waals surface area (Å²) in [4.78, 5) is 14.5. The summed E-state index contributed by atoms with van der Waals surface area (Å²) in [5.41, 5.74) is 2.75. The highest BCUT2D eigenvalue weighted by Gasteiger charge is 2.23. The number of benzene rings is 2. The molecule has 0 bridgehead atoms. The Hall–Kier alpha value is -2.66. The summed E-state index contributed by atoms with van der Waals surface area (Å²) in [5, 5.41) is 8.34. The molecule has 0 spiro atoms. The molecule has 0 unspecified atom stereocenters. The Morgan fingerprint density at radius 2 is 2.04 bits per heavy atom. The zero-order valence-electron chi connectivity index (χ0n) is 14.5. The maximum atomic E-state index is 12.1. The van der Waals surface area contributed by atoms with E-state index in [1.54, 1.807) is 6.07 Å². The fraction of sp³-hybridized carbons (Fsp3) is 0.300. The van der Waals surface area contributed by atoms with E-state index in [0.717, 1.165) is 48.4 Å². The molecular weight excluding hydrogens is 314 g/mol. The standard InChI is InChI=1S/C20H21N3O2/c1-3-10-23(4-2)12-13-8-9-16-15(11-13)19-18-14(20(24)22-21-19)6-5-7-17(18)25-16/h5-9,11H,3-4,10,12H2,1-2H3,(H,22,24). The summed E-state index contributed by atoms with van der Waals surface area (Å²) in [7, 11) is 0. The average Bonchev–Trinajstić information content (AvgIpc) is 2.64. The van der Waals surface area contributed by atoms with Crippen molar-refractivity contribution < 1.29 is 4.74 Å². The zero-order chi connectivity index (χ0) is 17.4. The molecule has 1 aliphatic heterocycles. The van der Waals surface area contributed by atoms with Gasteiger partial charge in [-0.25, -0.2) is 5.10 Å². The second kappa shape index (κ2) is 6.33. The van der Waals surface area contributed by atoms with Gasteiger partial charge in [-0.1, -0.05) is 26.0 Å². The van der Waals surface area contributed by atoms with Gasteiger partial charge in [0.1, 0.15) is 17.2 Å². The van der Waals surface area contributed by atoms with Gasteiger partial charge in [-0.15, -0.1) is 0 Å². The maximum Gasteiger partial charge on any atom is 0.272 e. The highest BCUT2D eigenvalue weighted by Crippen LogP contribution is 2.44. The third-order valence-corrected chi connectivity index (χ3v) is 4.69. The van der Waals surface area contributed by atoms with Crippen LogP contribution >= 0.6 is 0 Å². The number of aromatic amines is 1. The lowest BCUT2D eigenvalue weighted by Crippen LogP contribution is -2.23. The van der Waals surface area contributed by atoms with Crippen molar-refractivity contribution in [3.8, 4) is 22.8 Å². The zero-order valence-corrected chi connectivity index (χ0v) is 14.5. The van der Waals surface area contributed by atoms with Crippen molar-refractivity contribution >= 4 is 10.8 Å². The van der Waals surface area contributed by atoms with Gasteiger partial charge in [-0.3, -0.25) is 9.69 Å².